The highest BCUT2D eigenvalue weighted by molar-refractivity contribution is 7.22. The average Bonchev–Trinajstić information content (AvgIpc) is 3.07. The summed E-state index contributed by atoms with van der Waals surface area (Å²) in [4.78, 5) is 8.38. The van der Waals surface area contributed by atoms with Crippen LogP contribution in [0.2, 0.25) is 0 Å². The van der Waals surface area contributed by atoms with Crippen LogP contribution in [0.3, 0.4) is 0 Å². The van der Waals surface area contributed by atoms with Crippen LogP contribution in [0.1, 0.15) is 5.56 Å². The smallest absolute Gasteiger partial charge is 0.393 e. The Hall–Kier alpha value is -2.27. The molecule has 4 aromatic heterocycles. The molecule has 4 aromatic rings. The molecule has 1 aliphatic rings. The van der Waals surface area contributed by atoms with Crippen molar-refractivity contribution >= 4 is 32.7 Å². The normalized spacial score (nSPS) is 13.1. The lowest BCUT2D eigenvalue weighted by molar-refractivity contribution is -0.648. The van der Waals surface area contributed by atoms with Gasteiger partial charge >= 0.3 is 5.71 Å². The first-order valence-corrected chi connectivity index (χ1v) is 6.85. The van der Waals surface area contributed by atoms with E-state index in [4.69, 9.17) is 4.42 Å². The molecular weight excluding hydrogens is 258 g/mol. The molecule has 5 heteroatoms. The molecule has 0 radical (unpaired) electrons. The minimum absolute atomic E-state index is 0.839. The molecule has 0 saturated carbocycles. The molecule has 0 aromatic carbocycles. The molecule has 0 atom stereocenters. The summed E-state index contributed by atoms with van der Waals surface area (Å²) in [6, 6.07) is 3.99. The largest absolute Gasteiger partial charge is 0.403 e. The molecule has 0 bridgehead atoms. The second-order valence-corrected chi connectivity index (χ2v) is 5.63. The van der Waals surface area contributed by atoms with Gasteiger partial charge in [-0.2, -0.15) is 0 Å². The third kappa shape index (κ3) is 1.11. The van der Waals surface area contributed by atoms with Crippen molar-refractivity contribution in [3.8, 4) is 10.6 Å². The van der Waals surface area contributed by atoms with Crippen molar-refractivity contribution in [2.75, 3.05) is 0 Å². The maximum atomic E-state index is 5.98. The van der Waals surface area contributed by atoms with Gasteiger partial charge in [0, 0.05) is 30.9 Å². The Kier molecular flexibility index (Phi) is 1.62. The van der Waals surface area contributed by atoms with Crippen LogP contribution in [0.25, 0.3) is 32.0 Å². The monoisotopic (exact) mass is 266 g/mol. The lowest BCUT2D eigenvalue weighted by Gasteiger charge is -1.88. The molecule has 0 unspecified atom stereocenters. The van der Waals surface area contributed by atoms with Crippen LogP contribution in [-0.4, -0.2) is 9.97 Å². The number of rotatable bonds is 0. The standard InChI is InChI=1S/C14H8N3OS/c1-3-15-5-8-7-17-13-12(19-14(17)9(1)8)10-6-16-4-2-11(10)18-13/h1-6H,7H2/q+1. The van der Waals surface area contributed by atoms with E-state index < -0.39 is 0 Å². The quantitative estimate of drug-likeness (QED) is 0.405. The van der Waals surface area contributed by atoms with Gasteiger partial charge < -0.3 is 4.42 Å². The Balaban J connectivity index is 1.93. The summed E-state index contributed by atoms with van der Waals surface area (Å²) in [5, 5.41) is 2.34. The van der Waals surface area contributed by atoms with Gasteiger partial charge in [-0.3, -0.25) is 9.97 Å². The van der Waals surface area contributed by atoms with E-state index in [0.717, 1.165) is 23.2 Å². The number of aromatic nitrogens is 3. The van der Waals surface area contributed by atoms with Crippen LogP contribution in [0.15, 0.2) is 41.3 Å². The molecule has 0 spiro atoms. The summed E-state index contributed by atoms with van der Waals surface area (Å²) in [6.45, 7) is 0.839. The van der Waals surface area contributed by atoms with Gasteiger partial charge in [-0.25, -0.2) is 0 Å². The molecule has 5 rings (SSSR count). The molecule has 1 aliphatic heterocycles. The highest BCUT2D eigenvalue weighted by Crippen LogP contribution is 2.39. The molecule has 0 N–H and O–H groups in total. The minimum Gasteiger partial charge on any atom is -0.403 e. The fourth-order valence-corrected chi connectivity index (χ4v) is 3.97. The number of thiazole rings is 1. The first-order chi connectivity index (χ1) is 9.42. The average molecular weight is 266 g/mol. The summed E-state index contributed by atoms with van der Waals surface area (Å²) in [6.07, 6.45) is 7.42. The Morgan fingerprint density at radius 1 is 1.16 bits per heavy atom. The molecular formula is C14H8N3OS+. The van der Waals surface area contributed by atoms with Crippen molar-refractivity contribution in [2.45, 2.75) is 6.54 Å². The summed E-state index contributed by atoms with van der Waals surface area (Å²) in [5.74, 6) is 0. The van der Waals surface area contributed by atoms with Gasteiger partial charge in [0.2, 0.25) is 0 Å². The topological polar surface area (TPSA) is 42.8 Å². The molecule has 0 saturated heterocycles. The maximum absolute atomic E-state index is 5.98. The number of furan rings is 1. The minimum atomic E-state index is 0.839. The maximum Gasteiger partial charge on any atom is 0.393 e. The van der Waals surface area contributed by atoms with Gasteiger partial charge in [0.05, 0.1) is 16.5 Å². The molecule has 19 heavy (non-hydrogen) atoms. The Labute approximate surface area is 112 Å². The van der Waals surface area contributed by atoms with Crippen molar-refractivity contribution < 1.29 is 8.98 Å². The van der Waals surface area contributed by atoms with Crippen LogP contribution in [0.4, 0.5) is 0 Å². The van der Waals surface area contributed by atoms with E-state index in [-0.39, 0.29) is 0 Å². The van der Waals surface area contributed by atoms with Crippen LogP contribution < -0.4 is 4.57 Å². The predicted molar refractivity (Wildman–Crippen MR) is 71.9 cm³/mol. The van der Waals surface area contributed by atoms with Crippen molar-refractivity contribution in [3.05, 3.63) is 42.5 Å². The zero-order valence-corrected chi connectivity index (χ0v) is 10.6. The Bertz CT molecular complexity index is 954. The van der Waals surface area contributed by atoms with Gasteiger partial charge in [0.15, 0.2) is 11.2 Å². The Morgan fingerprint density at radius 2 is 2.05 bits per heavy atom. The van der Waals surface area contributed by atoms with Gasteiger partial charge in [-0.05, 0) is 6.07 Å². The van der Waals surface area contributed by atoms with E-state index in [9.17, 15) is 0 Å². The van der Waals surface area contributed by atoms with Gasteiger partial charge in [0.1, 0.15) is 5.58 Å². The van der Waals surface area contributed by atoms with E-state index in [1.54, 1.807) is 17.5 Å². The van der Waals surface area contributed by atoms with Crippen LogP contribution in [0.5, 0.6) is 0 Å². The zero-order chi connectivity index (χ0) is 12.4. The molecule has 0 amide bonds. The van der Waals surface area contributed by atoms with Crippen molar-refractivity contribution in [3.63, 3.8) is 0 Å². The lowest BCUT2D eigenvalue weighted by Crippen LogP contribution is -2.29. The predicted octanol–water partition coefficient (Wildman–Crippen LogP) is 2.75. The van der Waals surface area contributed by atoms with Crippen LogP contribution in [0, 0.1) is 0 Å². The summed E-state index contributed by atoms with van der Waals surface area (Å²) in [7, 11) is 0. The number of hydrogen-bond acceptors (Lipinski definition) is 4. The third-order valence-electron chi connectivity index (χ3n) is 3.58. The number of pyridine rings is 2. The van der Waals surface area contributed by atoms with E-state index in [0.29, 0.717) is 0 Å². The lowest BCUT2D eigenvalue weighted by atomic mass is 10.2. The second kappa shape index (κ2) is 3.19. The summed E-state index contributed by atoms with van der Waals surface area (Å²) < 4.78 is 9.39. The molecule has 5 heterocycles. The zero-order valence-electron chi connectivity index (χ0n) is 9.83. The van der Waals surface area contributed by atoms with Crippen LogP contribution in [-0.2, 0) is 6.54 Å². The summed E-state index contributed by atoms with van der Waals surface area (Å²) >= 11 is 1.77. The first-order valence-electron chi connectivity index (χ1n) is 6.04. The Morgan fingerprint density at radius 3 is 3.05 bits per heavy atom. The van der Waals surface area contributed by atoms with E-state index in [1.807, 2.05) is 24.7 Å². The van der Waals surface area contributed by atoms with Crippen molar-refractivity contribution in [1.29, 1.82) is 0 Å². The van der Waals surface area contributed by atoms with Crippen molar-refractivity contribution in [2.24, 2.45) is 0 Å². The van der Waals surface area contributed by atoms with Crippen molar-refractivity contribution in [1.82, 2.24) is 9.97 Å². The fraction of sp³-hybridized carbons (Fsp3) is 0.0714. The molecule has 4 nitrogen and oxygen atoms in total. The molecule has 90 valence electrons. The van der Waals surface area contributed by atoms with E-state index >= 15 is 0 Å². The molecule has 0 aliphatic carbocycles. The highest BCUT2D eigenvalue weighted by Gasteiger charge is 2.34. The first kappa shape index (κ1) is 9.63. The SMILES string of the molecule is c1cc2c(cn1)C[n+]1c-2sc2c3cnccc3oc21. The third-order valence-corrected chi connectivity index (χ3v) is 4.81. The number of nitrogens with zero attached hydrogens (tertiary/aromatic N) is 3. The second-order valence-electron chi connectivity index (χ2n) is 4.63. The highest BCUT2D eigenvalue weighted by atomic mass is 32.1. The fourth-order valence-electron chi connectivity index (χ4n) is 2.70. The van der Waals surface area contributed by atoms with Gasteiger partial charge in [0.25, 0.3) is 5.01 Å². The van der Waals surface area contributed by atoms with Gasteiger partial charge in [-0.15, -0.1) is 4.57 Å². The van der Waals surface area contributed by atoms with Crippen LogP contribution >= 0.6 is 11.3 Å². The van der Waals surface area contributed by atoms with E-state index in [2.05, 4.69) is 20.6 Å². The van der Waals surface area contributed by atoms with Gasteiger partial charge in [-0.1, -0.05) is 11.3 Å². The van der Waals surface area contributed by atoms with E-state index in [1.165, 1.54) is 20.8 Å². The summed E-state index contributed by atoms with van der Waals surface area (Å²) in [5.41, 5.74) is 4.37. The number of hydrogen-bond donors (Lipinski definition) is 0. The number of fused-ring (bicyclic) bond motifs is 7. The molecule has 0 fully saturated rings.